The van der Waals surface area contributed by atoms with Crippen LogP contribution < -0.4 is 0 Å². The van der Waals surface area contributed by atoms with E-state index >= 15 is 0 Å². The molecule has 2 amide bonds. The summed E-state index contributed by atoms with van der Waals surface area (Å²) in [6.45, 7) is 7.28. The molecular formula is C19H23ClN2O3. The first-order valence-corrected chi connectivity index (χ1v) is 9.26. The molecule has 0 saturated carbocycles. The minimum Gasteiger partial charge on any atom is -0.351 e. The molecule has 0 N–H and O–H groups in total. The van der Waals surface area contributed by atoms with Gasteiger partial charge in [0.2, 0.25) is 5.91 Å². The maximum absolute atomic E-state index is 13.1. The molecule has 1 spiro atoms. The van der Waals surface area contributed by atoms with Crippen LogP contribution >= 0.6 is 11.6 Å². The van der Waals surface area contributed by atoms with Gasteiger partial charge >= 0.3 is 0 Å². The van der Waals surface area contributed by atoms with E-state index in [0.29, 0.717) is 42.5 Å². The van der Waals surface area contributed by atoms with Gasteiger partial charge in [0.1, 0.15) is 0 Å². The highest BCUT2D eigenvalue weighted by atomic mass is 35.5. The lowest BCUT2D eigenvalue weighted by molar-refractivity contribution is -0.139. The molecule has 134 valence electrons. The van der Waals surface area contributed by atoms with E-state index in [1.807, 2.05) is 22.8 Å². The predicted molar refractivity (Wildman–Crippen MR) is 94.4 cm³/mol. The van der Waals surface area contributed by atoms with Crippen molar-refractivity contribution in [1.29, 1.82) is 0 Å². The lowest BCUT2D eigenvalue weighted by Gasteiger charge is -2.34. The molecule has 25 heavy (non-hydrogen) atoms. The van der Waals surface area contributed by atoms with Gasteiger partial charge in [0, 0.05) is 23.6 Å². The Morgan fingerprint density at radius 1 is 1.40 bits per heavy atom. The maximum Gasteiger partial charge on any atom is 0.254 e. The van der Waals surface area contributed by atoms with Crippen LogP contribution in [0.5, 0.6) is 0 Å². The molecule has 0 bridgehead atoms. The number of benzene rings is 1. The van der Waals surface area contributed by atoms with Crippen LogP contribution in [0, 0.1) is 12.8 Å². The number of hydrogen-bond acceptors (Lipinski definition) is 3. The first kappa shape index (κ1) is 16.9. The third-order valence-electron chi connectivity index (χ3n) is 5.92. The Labute approximate surface area is 152 Å². The summed E-state index contributed by atoms with van der Waals surface area (Å²) in [6.07, 6.45) is 1.03. The van der Waals surface area contributed by atoms with Crippen molar-refractivity contribution < 1.29 is 14.3 Å². The van der Waals surface area contributed by atoms with E-state index in [1.165, 1.54) is 0 Å². The topological polar surface area (TPSA) is 49.9 Å². The van der Waals surface area contributed by atoms with E-state index in [4.69, 9.17) is 16.3 Å². The van der Waals surface area contributed by atoms with Crippen LogP contribution in [0.3, 0.4) is 0 Å². The van der Waals surface area contributed by atoms with Gasteiger partial charge in [-0.2, -0.15) is 0 Å². The summed E-state index contributed by atoms with van der Waals surface area (Å²) in [5.41, 5.74) is 0.870. The highest BCUT2D eigenvalue weighted by molar-refractivity contribution is 6.31. The second kappa shape index (κ2) is 5.71. The van der Waals surface area contributed by atoms with Gasteiger partial charge in [-0.3, -0.25) is 9.59 Å². The van der Waals surface area contributed by atoms with Crippen molar-refractivity contribution in [3.05, 3.63) is 34.3 Å². The van der Waals surface area contributed by atoms with Gasteiger partial charge in [0.15, 0.2) is 5.72 Å². The number of hydrogen-bond donors (Lipinski definition) is 0. The molecule has 4 rings (SSSR count). The van der Waals surface area contributed by atoms with E-state index in [9.17, 15) is 9.59 Å². The van der Waals surface area contributed by atoms with Gasteiger partial charge in [0.05, 0.1) is 25.1 Å². The Balaban J connectivity index is 1.64. The van der Waals surface area contributed by atoms with Crippen molar-refractivity contribution >= 4 is 23.4 Å². The van der Waals surface area contributed by atoms with Crippen molar-refractivity contribution in [2.24, 2.45) is 5.92 Å². The molecule has 3 saturated heterocycles. The second-order valence-electron chi connectivity index (χ2n) is 7.66. The van der Waals surface area contributed by atoms with Gasteiger partial charge in [-0.1, -0.05) is 25.4 Å². The number of rotatable bonds is 2. The molecule has 3 atom stereocenters. The Morgan fingerprint density at radius 2 is 2.16 bits per heavy atom. The Kier molecular flexibility index (Phi) is 3.85. The first-order valence-electron chi connectivity index (χ1n) is 8.88. The van der Waals surface area contributed by atoms with E-state index in [2.05, 4.69) is 13.8 Å². The fraction of sp³-hybridized carbons (Fsp3) is 0.579. The van der Waals surface area contributed by atoms with Gasteiger partial charge < -0.3 is 14.5 Å². The summed E-state index contributed by atoms with van der Waals surface area (Å²) in [6, 6.07) is 5.22. The molecule has 0 aliphatic carbocycles. The fourth-order valence-corrected chi connectivity index (χ4v) is 4.67. The SMILES string of the molecule is Cc1cc(C(=O)N2CC[C@@]34OC[C@@H](C(C)C)N3C(=O)C[C@@H]24)ccc1Cl. The van der Waals surface area contributed by atoms with Crippen LogP contribution in [0.2, 0.25) is 5.02 Å². The molecule has 0 radical (unpaired) electrons. The van der Waals surface area contributed by atoms with Crippen LogP contribution in [-0.2, 0) is 9.53 Å². The van der Waals surface area contributed by atoms with Crippen LogP contribution in [-0.4, -0.2) is 52.6 Å². The van der Waals surface area contributed by atoms with E-state index in [-0.39, 0.29) is 23.9 Å². The van der Waals surface area contributed by atoms with Gasteiger partial charge in [-0.15, -0.1) is 0 Å². The van der Waals surface area contributed by atoms with Crippen molar-refractivity contribution in [3.63, 3.8) is 0 Å². The normalized spacial score (nSPS) is 31.0. The Hall–Kier alpha value is -1.59. The molecule has 5 nitrogen and oxygen atoms in total. The zero-order valence-electron chi connectivity index (χ0n) is 14.8. The average Bonchev–Trinajstić information content (AvgIpc) is 3.19. The van der Waals surface area contributed by atoms with Crippen LogP contribution in [0.1, 0.15) is 42.6 Å². The lowest BCUT2D eigenvalue weighted by Crippen LogP contribution is -2.51. The second-order valence-corrected chi connectivity index (χ2v) is 8.07. The molecule has 6 heteroatoms. The number of aryl methyl sites for hydroxylation is 1. The van der Waals surface area contributed by atoms with E-state index in [0.717, 1.165) is 5.56 Å². The number of carbonyl (C=O) groups excluding carboxylic acids is 2. The van der Waals surface area contributed by atoms with Crippen LogP contribution in [0.25, 0.3) is 0 Å². The third-order valence-corrected chi connectivity index (χ3v) is 6.35. The molecule has 0 aromatic heterocycles. The monoisotopic (exact) mass is 362 g/mol. The standard InChI is InChI=1S/C19H23ClN2O3/c1-11(2)15-10-25-19-6-7-21(16(19)9-17(23)22(15)19)18(24)13-4-5-14(20)12(3)8-13/h4-5,8,11,15-16H,6-7,9-10H2,1-3H3/t15-,16+,19-/m0/s1. The van der Waals surface area contributed by atoms with E-state index in [1.54, 1.807) is 12.1 Å². The van der Waals surface area contributed by atoms with Crippen molar-refractivity contribution in [3.8, 4) is 0 Å². The summed E-state index contributed by atoms with van der Waals surface area (Å²) < 4.78 is 6.18. The van der Waals surface area contributed by atoms with Gasteiger partial charge in [-0.05, 0) is 36.6 Å². The number of amides is 2. The Morgan fingerprint density at radius 3 is 2.84 bits per heavy atom. The lowest BCUT2D eigenvalue weighted by atomic mass is 10.0. The number of halogens is 1. The summed E-state index contributed by atoms with van der Waals surface area (Å²) in [7, 11) is 0. The summed E-state index contributed by atoms with van der Waals surface area (Å²) in [5, 5.41) is 0.649. The van der Waals surface area contributed by atoms with Crippen molar-refractivity contribution in [2.45, 2.75) is 51.4 Å². The third kappa shape index (κ3) is 2.32. The quantitative estimate of drug-likeness (QED) is 0.812. The minimum atomic E-state index is -0.622. The Bertz CT molecular complexity index is 750. The zero-order chi connectivity index (χ0) is 17.9. The summed E-state index contributed by atoms with van der Waals surface area (Å²) in [4.78, 5) is 29.5. The highest BCUT2D eigenvalue weighted by Gasteiger charge is 2.65. The van der Waals surface area contributed by atoms with Gasteiger partial charge in [0.25, 0.3) is 5.91 Å². The summed E-state index contributed by atoms with van der Waals surface area (Å²) in [5.74, 6) is 0.393. The van der Waals surface area contributed by atoms with Crippen LogP contribution in [0.4, 0.5) is 0 Å². The number of likely N-dealkylation sites (tertiary alicyclic amines) is 1. The predicted octanol–water partition coefficient (Wildman–Crippen LogP) is 2.85. The molecule has 0 unspecified atom stereocenters. The molecule has 3 aliphatic heterocycles. The van der Waals surface area contributed by atoms with Crippen LogP contribution in [0.15, 0.2) is 18.2 Å². The summed E-state index contributed by atoms with van der Waals surface area (Å²) >= 11 is 6.07. The smallest absolute Gasteiger partial charge is 0.254 e. The molecular weight excluding hydrogens is 340 g/mol. The zero-order valence-corrected chi connectivity index (χ0v) is 15.5. The molecule has 1 aromatic rings. The largest absolute Gasteiger partial charge is 0.351 e. The van der Waals surface area contributed by atoms with Crippen molar-refractivity contribution in [2.75, 3.05) is 13.2 Å². The first-order chi connectivity index (χ1) is 11.8. The minimum absolute atomic E-state index is 0.0483. The van der Waals surface area contributed by atoms with Crippen molar-refractivity contribution in [1.82, 2.24) is 9.80 Å². The molecule has 3 aliphatic rings. The maximum atomic E-state index is 13.1. The molecule has 3 heterocycles. The number of carbonyl (C=O) groups is 2. The molecule has 1 aromatic carbocycles. The average molecular weight is 363 g/mol. The highest BCUT2D eigenvalue weighted by Crippen LogP contribution is 2.49. The number of ether oxygens (including phenoxy) is 1. The van der Waals surface area contributed by atoms with E-state index < -0.39 is 5.72 Å². The molecule has 3 fully saturated rings. The number of nitrogens with zero attached hydrogens (tertiary/aromatic N) is 2. The fourth-order valence-electron chi connectivity index (χ4n) is 4.56. The van der Waals surface area contributed by atoms with Gasteiger partial charge in [-0.25, -0.2) is 0 Å².